The number of fused-ring (bicyclic) bond motifs is 2. The molecule has 0 fully saturated rings. The van der Waals surface area contributed by atoms with Crippen molar-refractivity contribution >= 4 is 50.3 Å². The quantitative estimate of drug-likeness (QED) is 0.286. The second-order valence-electron chi connectivity index (χ2n) is 8.95. The van der Waals surface area contributed by atoms with E-state index in [2.05, 4.69) is 35.6 Å². The number of nitrogens with one attached hydrogen (secondary N) is 2. The van der Waals surface area contributed by atoms with Crippen LogP contribution in [0.2, 0.25) is 0 Å². The van der Waals surface area contributed by atoms with E-state index in [1.165, 1.54) is 43.0 Å². The molecule has 0 radical (unpaired) electrons. The number of aromatic nitrogens is 5. The lowest BCUT2D eigenvalue weighted by atomic mass is 10.1. The molecule has 1 unspecified atom stereocenters. The maximum atomic E-state index is 14.9. The minimum atomic E-state index is -0.706. The first kappa shape index (κ1) is 26.8. The van der Waals surface area contributed by atoms with E-state index in [-0.39, 0.29) is 24.0 Å². The first-order valence-corrected chi connectivity index (χ1v) is 13.0. The Morgan fingerprint density at radius 3 is 2.55 bits per heavy atom. The van der Waals surface area contributed by atoms with E-state index in [0.29, 0.717) is 37.8 Å². The molecule has 0 saturated heterocycles. The van der Waals surface area contributed by atoms with Crippen molar-refractivity contribution < 1.29 is 23.5 Å². The van der Waals surface area contributed by atoms with Crippen molar-refractivity contribution in [2.24, 2.45) is 0 Å². The molecule has 5 aromatic rings. The van der Waals surface area contributed by atoms with E-state index in [0.717, 1.165) is 11.1 Å². The summed E-state index contributed by atoms with van der Waals surface area (Å²) in [4.78, 5) is 45.7. The number of ether oxygens (including phenoxy) is 2. The molecule has 2 aromatic carbocycles. The summed E-state index contributed by atoms with van der Waals surface area (Å²) in [6.45, 7) is 5.20. The molecule has 2 amide bonds. The van der Waals surface area contributed by atoms with E-state index >= 15 is 0 Å². The Hall–Kier alpha value is -4.78. The standard InChI is InChI=1S/C27H24FN7O4S/c1-13-5-17(24-20(6-13)34-21(11-32-24)25(36)29-4)26-35-19-7-18(28)22(8-23(19)40-26)38-12-14(2)39-27(37)33-16-9-30-15(3)31-10-16/h5-11,14H,12H2,1-4H3,(H,29,36)(H,33,37). The average Bonchev–Trinajstić information content (AvgIpc) is 3.34. The lowest BCUT2D eigenvalue weighted by molar-refractivity contribution is 0.0843. The molecule has 5 rings (SSSR count). The van der Waals surface area contributed by atoms with Crippen molar-refractivity contribution in [3.63, 3.8) is 0 Å². The molecule has 2 N–H and O–H groups in total. The summed E-state index contributed by atoms with van der Waals surface area (Å²) >= 11 is 1.35. The van der Waals surface area contributed by atoms with Crippen molar-refractivity contribution in [2.75, 3.05) is 19.0 Å². The summed E-state index contributed by atoms with van der Waals surface area (Å²) in [5.41, 5.74) is 3.82. The van der Waals surface area contributed by atoms with Crippen LogP contribution in [-0.2, 0) is 4.74 Å². The number of benzene rings is 2. The first-order chi connectivity index (χ1) is 19.2. The van der Waals surface area contributed by atoms with Gasteiger partial charge in [-0.1, -0.05) is 0 Å². The predicted molar refractivity (Wildman–Crippen MR) is 148 cm³/mol. The third-order valence-electron chi connectivity index (χ3n) is 5.73. The van der Waals surface area contributed by atoms with Gasteiger partial charge in [-0.15, -0.1) is 11.3 Å². The highest BCUT2D eigenvalue weighted by molar-refractivity contribution is 7.21. The molecule has 1 atom stereocenters. The molecule has 0 saturated carbocycles. The molecule has 0 spiro atoms. The zero-order chi connectivity index (χ0) is 28.4. The van der Waals surface area contributed by atoms with Gasteiger partial charge in [0, 0.05) is 24.7 Å². The second kappa shape index (κ2) is 11.1. The van der Waals surface area contributed by atoms with Crippen molar-refractivity contribution in [3.8, 4) is 16.3 Å². The van der Waals surface area contributed by atoms with E-state index in [4.69, 9.17) is 9.47 Å². The number of rotatable bonds is 7. The third kappa shape index (κ3) is 5.78. The number of hydrogen-bond acceptors (Lipinski definition) is 10. The smallest absolute Gasteiger partial charge is 0.412 e. The molecule has 3 aromatic heterocycles. The van der Waals surface area contributed by atoms with Crippen molar-refractivity contribution in [2.45, 2.75) is 26.9 Å². The van der Waals surface area contributed by atoms with E-state index < -0.39 is 18.0 Å². The van der Waals surface area contributed by atoms with E-state index in [1.54, 1.807) is 19.9 Å². The van der Waals surface area contributed by atoms with E-state index in [1.807, 2.05) is 19.1 Å². The predicted octanol–water partition coefficient (Wildman–Crippen LogP) is 4.83. The monoisotopic (exact) mass is 561 g/mol. The fourth-order valence-electron chi connectivity index (χ4n) is 3.85. The van der Waals surface area contributed by atoms with Crippen LogP contribution in [0, 0.1) is 19.7 Å². The zero-order valence-electron chi connectivity index (χ0n) is 22.0. The minimum absolute atomic E-state index is 0.00889. The molecule has 13 heteroatoms. The average molecular weight is 562 g/mol. The number of thiazole rings is 1. The topological polar surface area (TPSA) is 141 Å². The Balaban J connectivity index is 1.33. The number of halogens is 1. The van der Waals surface area contributed by atoms with Gasteiger partial charge < -0.3 is 14.8 Å². The number of anilines is 1. The van der Waals surface area contributed by atoms with Crippen molar-refractivity contribution in [1.82, 2.24) is 30.2 Å². The lowest BCUT2D eigenvalue weighted by Crippen LogP contribution is -2.25. The van der Waals surface area contributed by atoms with Crippen LogP contribution in [0.4, 0.5) is 14.9 Å². The molecule has 0 bridgehead atoms. The first-order valence-electron chi connectivity index (χ1n) is 12.2. The largest absolute Gasteiger partial charge is 0.487 e. The van der Waals surface area contributed by atoms with Gasteiger partial charge >= 0.3 is 6.09 Å². The number of amides is 2. The molecule has 40 heavy (non-hydrogen) atoms. The Morgan fingerprint density at radius 2 is 1.80 bits per heavy atom. The van der Waals surface area contributed by atoms with Crippen LogP contribution in [0.25, 0.3) is 31.8 Å². The maximum absolute atomic E-state index is 14.9. The van der Waals surface area contributed by atoms with Gasteiger partial charge in [0.25, 0.3) is 5.91 Å². The minimum Gasteiger partial charge on any atom is -0.487 e. The summed E-state index contributed by atoms with van der Waals surface area (Å²) < 4.78 is 26.5. The van der Waals surface area contributed by atoms with Gasteiger partial charge in [-0.2, -0.15) is 0 Å². The van der Waals surface area contributed by atoms with Crippen molar-refractivity contribution in [3.05, 3.63) is 65.8 Å². The van der Waals surface area contributed by atoms with Crippen LogP contribution in [0.3, 0.4) is 0 Å². The number of nitrogens with zero attached hydrogens (tertiary/aromatic N) is 5. The van der Waals surface area contributed by atoms with Crippen LogP contribution in [0.5, 0.6) is 5.75 Å². The summed E-state index contributed by atoms with van der Waals surface area (Å²) in [5, 5.41) is 5.69. The van der Waals surface area contributed by atoms with Gasteiger partial charge in [0.05, 0.1) is 45.5 Å². The molecule has 0 aliphatic carbocycles. The Morgan fingerprint density at radius 1 is 1.02 bits per heavy atom. The zero-order valence-corrected chi connectivity index (χ0v) is 22.8. The van der Waals surface area contributed by atoms with Crippen LogP contribution in [0.15, 0.2) is 42.9 Å². The van der Waals surface area contributed by atoms with Crippen LogP contribution in [-0.4, -0.2) is 56.7 Å². The van der Waals surface area contributed by atoms with Gasteiger partial charge in [0.15, 0.2) is 11.6 Å². The number of carbonyl (C=O) groups excluding carboxylic acids is 2. The van der Waals surface area contributed by atoms with Gasteiger partial charge in [-0.25, -0.2) is 29.1 Å². The highest BCUT2D eigenvalue weighted by Crippen LogP contribution is 2.36. The highest BCUT2D eigenvalue weighted by Gasteiger charge is 2.18. The van der Waals surface area contributed by atoms with Gasteiger partial charge in [-0.05, 0) is 38.5 Å². The fourth-order valence-corrected chi connectivity index (χ4v) is 4.84. The fraction of sp³-hybridized carbons (Fsp3) is 0.222. The molecule has 0 aliphatic rings. The van der Waals surface area contributed by atoms with Gasteiger partial charge in [0.2, 0.25) is 0 Å². The van der Waals surface area contributed by atoms with Crippen LogP contribution < -0.4 is 15.4 Å². The van der Waals surface area contributed by atoms with Gasteiger partial charge in [0.1, 0.15) is 29.2 Å². The van der Waals surface area contributed by atoms with Crippen molar-refractivity contribution in [1.29, 1.82) is 0 Å². The molecular weight excluding hydrogens is 537 g/mol. The van der Waals surface area contributed by atoms with Crippen LogP contribution in [0.1, 0.15) is 28.8 Å². The molecule has 3 heterocycles. The third-order valence-corrected chi connectivity index (χ3v) is 6.78. The number of carbonyl (C=O) groups is 2. The Labute approximate surface area is 231 Å². The molecule has 11 nitrogen and oxygen atoms in total. The Bertz CT molecular complexity index is 1740. The van der Waals surface area contributed by atoms with E-state index in [9.17, 15) is 14.0 Å². The lowest BCUT2D eigenvalue weighted by Gasteiger charge is -2.15. The summed E-state index contributed by atoms with van der Waals surface area (Å²) in [7, 11) is 1.53. The molecular formula is C27H24FN7O4S. The highest BCUT2D eigenvalue weighted by atomic mass is 32.1. The number of hydrogen-bond donors (Lipinski definition) is 2. The normalized spacial score (nSPS) is 11.8. The summed E-state index contributed by atoms with van der Waals surface area (Å²) in [6.07, 6.45) is 2.97. The summed E-state index contributed by atoms with van der Waals surface area (Å²) in [6, 6.07) is 6.63. The molecule has 204 valence electrons. The van der Waals surface area contributed by atoms with Crippen LogP contribution >= 0.6 is 11.3 Å². The van der Waals surface area contributed by atoms with Gasteiger partial charge in [-0.3, -0.25) is 15.1 Å². The summed E-state index contributed by atoms with van der Waals surface area (Å²) in [5.74, 6) is -0.344. The molecule has 0 aliphatic heterocycles. The second-order valence-corrected chi connectivity index (χ2v) is 9.99. The number of aryl methyl sites for hydroxylation is 2. The Kier molecular flexibility index (Phi) is 7.47. The maximum Gasteiger partial charge on any atom is 0.412 e. The SMILES string of the molecule is CNC(=O)c1cnc2c(-c3nc4cc(F)c(OCC(C)OC(=O)Nc5cnc(C)nc5)cc4s3)cc(C)cc2n1.